The van der Waals surface area contributed by atoms with Crippen molar-refractivity contribution >= 4 is 5.91 Å². The van der Waals surface area contributed by atoms with E-state index in [0.29, 0.717) is 30.3 Å². The van der Waals surface area contributed by atoms with Gasteiger partial charge in [0.05, 0.1) is 6.61 Å². The van der Waals surface area contributed by atoms with Gasteiger partial charge in [-0.3, -0.25) is 9.78 Å². The number of hydrogen-bond acceptors (Lipinski definition) is 4. The largest absolute Gasteiger partial charge is 0.490 e. The van der Waals surface area contributed by atoms with E-state index < -0.39 is 0 Å². The van der Waals surface area contributed by atoms with Crippen LogP contribution in [0.3, 0.4) is 0 Å². The molecule has 0 saturated heterocycles. The smallest absolute Gasteiger partial charge is 0.251 e. The Kier molecular flexibility index (Phi) is 7.71. The van der Waals surface area contributed by atoms with Crippen molar-refractivity contribution in [2.75, 3.05) is 13.2 Å². The highest BCUT2D eigenvalue weighted by Gasteiger charge is 2.15. The number of rotatable bonds is 9. The number of hydrogen-bond donors (Lipinski definition) is 1. The Balaban J connectivity index is 1.56. The standard InChI is InChI=1S/C23H30N2O3/c1-2-27-22-16-20(23(26)25-15-12-18-6-4-3-5-7-18)8-9-21(22)28-17-19-10-13-24-14-11-19/h8-11,13-14,16,18H,2-7,12,15,17H2,1H3,(H,25,26). The third-order valence-electron chi connectivity index (χ3n) is 5.21. The second-order valence-corrected chi connectivity index (χ2v) is 7.29. The lowest BCUT2D eigenvalue weighted by atomic mass is 9.87. The van der Waals surface area contributed by atoms with Crippen molar-refractivity contribution in [1.82, 2.24) is 10.3 Å². The molecule has 1 N–H and O–H groups in total. The molecule has 2 aromatic rings. The average Bonchev–Trinajstić information content (AvgIpc) is 2.74. The molecule has 0 atom stereocenters. The maximum atomic E-state index is 12.5. The molecular weight excluding hydrogens is 352 g/mol. The van der Waals surface area contributed by atoms with E-state index in [1.807, 2.05) is 25.1 Å². The van der Waals surface area contributed by atoms with Crippen LogP contribution >= 0.6 is 0 Å². The van der Waals surface area contributed by atoms with Gasteiger partial charge in [-0.05, 0) is 55.2 Å². The van der Waals surface area contributed by atoms with Crippen LogP contribution in [0.4, 0.5) is 0 Å². The number of pyridine rings is 1. The summed E-state index contributed by atoms with van der Waals surface area (Å²) in [4.78, 5) is 16.5. The minimum Gasteiger partial charge on any atom is -0.490 e. The summed E-state index contributed by atoms with van der Waals surface area (Å²) < 4.78 is 11.6. The molecule has 3 rings (SSSR count). The molecule has 1 aliphatic carbocycles. The van der Waals surface area contributed by atoms with E-state index in [1.165, 1.54) is 32.1 Å². The highest BCUT2D eigenvalue weighted by atomic mass is 16.5. The molecule has 1 saturated carbocycles. The fraction of sp³-hybridized carbons (Fsp3) is 0.478. The van der Waals surface area contributed by atoms with E-state index in [0.717, 1.165) is 24.4 Å². The molecule has 150 valence electrons. The number of ether oxygens (including phenoxy) is 2. The Morgan fingerprint density at radius 1 is 1.07 bits per heavy atom. The molecule has 0 radical (unpaired) electrons. The maximum absolute atomic E-state index is 12.5. The van der Waals surface area contributed by atoms with E-state index in [9.17, 15) is 4.79 Å². The normalized spacial score (nSPS) is 14.5. The predicted molar refractivity (Wildman–Crippen MR) is 110 cm³/mol. The first-order valence-electron chi connectivity index (χ1n) is 10.3. The van der Waals surface area contributed by atoms with Gasteiger partial charge >= 0.3 is 0 Å². The molecule has 1 amide bonds. The number of nitrogens with one attached hydrogen (secondary N) is 1. The molecule has 1 aromatic heterocycles. The van der Waals surface area contributed by atoms with Gasteiger partial charge in [-0.15, -0.1) is 0 Å². The van der Waals surface area contributed by atoms with Crippen LogP contribution in [0.2, 0.25) is 0 Å². The molecule has 28 heavy (non-hydrogen) atoms. The number of nitrogens with zero attached hydrogens (tertiary/aromatic N) is 1. The van der Waals surface area contributed by atoms with Crippen LogP contribution in [-0.2, 0) is 6.61 Å². The zero-order valence-corrected chi connectivity index (χ0v) is 16.7. The molecule has 0 spiro atoms. The van der Waals surface area contributed by atoms with Gasteiger partial charge in [-0.2, -0.15) is 0 Å². The Morgan fingerprint density at radius 2 is 1.86 bits per heavy atom. The van der Waals surface area contributed by atoms with Gasteiger partial charge in [-0.1, -0.05) is 32.1 Å². The molecule has 5 heteroatoms. The zero-order chi connectivity index (χ0) is 19.6. The minimum atomic E-state index is -0.0579. The highest BCUT2D eigenvalue weighted by molar-refractivity contribution is 5.94. The van der Waals surface area contributed by atoms with Gasteiger partial charge in [0.25, 0.3) is 5.91 Å². The molecular formula is C23H30N2O3. The van der Waals surface area contributed by atoms with Crippen molar-refractivity contribution < 1.29 is 14.3 Å². The van der Waals surface area contributed by atoms with Gasteiger partial charge in [-0.25, -0.2) is 0 Å². The quantitative estimate of drug-likeness (QED) is 0.679. The molecule has 0 bridgehead atoms. The van der Waals surface area contributed by atoms with Crippen molar-refractivity contribution in [3.8, 4) is 11.5 Å². The second kappa shape index (κ2) is 10.7. The molecule has 0 unspecified atom stereocenters. The third-order valence-corrected chi connectivity index (χ3v) is 5.21. The Labute approximate surface area is 167 Å². The molecule has 1 fully saturated rings. The fourth-order valence-electron chi connectivity index (χ4n) is 3.64. The molecule has 1 heterocycles. The van der Waals surface area contributed by atoms with Crippen LogP contribution in [0.5, 0.6) is 11.5 Å². The van der Waals surface area contributed by atoms with Crippen LogP contribution in [0.1, 0.15) is 61.4 Å². The molecule has 0 aliphatic heterocycles. The van der Waals surface area contributed by atoms with Crippen LogP contribution in [0.15, 0.2) is 42.7 Å². The molecule has 1 aromatic carbocycles. The number of carbonyl (C=O) groups is 1. The van der Waals surface area contributed by atoms with Gasteiger partial charge in [0.15, 0.2) is 11.5 Å². The van der Waals surface area contributed by atoms with Crippen LogP contribution in [0, 0.1) is 5.92 Å². The average molecular weight is 383 g/mol. The minimum absolute atomic E-state index is 0.0579. The Hall–Kier alpha value is -2.56. The third kappa shape index (κ3) is 5.98. The topological polar surface area (TPSA) is 60.5 Å². The van der Waals surface area contributed by atoms with E-state index in [1.54, 1.807) is 24.5 Å². The second-order valence-electron chi connectivity index (χ2n) is 7.29. The molecule has 5 nitrogen and oxygen atoms in total. The summed E-state index contributed by atoms with van der Waals surface area (Å²) in [6, 6.07) is 9.19. The monoisotopic (exact) mass is 382 g/mol. The predicted octanol–water partition coefficient (Wildman–Crippen LogP) is 4.76. The van der Waals surface area contributed by atoms with Crippen LogP contribution < -0.4 is 14.8 Å². The van der Waals surface area contributed by atoms with Crippen molar-refractivity contribution in [2.24, 2.45) is 5.92 Å². The first kappa shape index (κ1) is 20.2. The highest BCUT2D eigenvalue weighted by Crippen LogP contribution is 2.29. The summed E-state index contributed by atoms with van der Waals surface area (Å²) in [7, 11) is 0. The van der Waals surface area contributed by atoms with Crippen molar-refractivity contribution in [1.29, 1.82) is 0 Å². The summed E-state index contributed by atoms with van der Waals surface area (Å²) in [6.07, 6.45) is 11.2. The summed E-state index contributed by atoms with van der Waals surface area (Å²) >= 11 is 0. The van der Waals surface area contributed by atoms with Gasteiger partial charge in [0, 0.05) is 24.5 Å². The van der Waals surface area contributed by atoms with E-state index in [-0.39, 0.29) is 5.91 Å². The van der Waals surface area contributed by atoms with E-state index >= 15 is 0 Å². The maximum Gasteiger partial charge on any atom is 0.251 e. The number of aromatic nitrogens is 1. The number of benzene rings is 1. The summed E-state index contributed by atoms with van der Waals surface area (Å²) in [5.41, 5.74) is 1.63. The zero-order valence-electron chi connectivity index (χ0n) is 16.7. The molecule has 1 aliphatic rings. The van der Waals surface area contributed by atoms with Crippen LogP contribution in [-0.4, -0.2) is 24.0 Å². The summed E-state index contributed by atoms with van der Waals surface area (Å²) in [6.45, 7) is 3.59. The van der Waals surface area contributed by atoms with E-state index in [2.05, 4.69) is 10.3 Å². The first-order chi connectivity index (χ1) is 13.8. The number of amides is 1. The first-order valence-corrected chi connectivity index (χ1v) is 10.3. The lowest BCUT2D eigenvalue weighted by Crippen LogP contribution is -2.26. The number of carbonyl (C=O) groups excluding carboxylic acids is 1. The SMILES string of the molecule is CCOc1cc(C(=O)NCCC2CCCCC2)ccc1OCc1ccncc1. The summed E-state index contributed by atoms with van der Waals surface area (Å²) in [5.74, 6) is 1.93. The lowest BCUT2D eigenvalue weighted by molar-refractivity contribution is 0.0949. The van der Waals surface area contributed by atoms with Crippen molar-refractivity contribution in [3.05, 3.63) is 53.9 Å². The Morgan fingerprint density at radius 3 is 2.61 bits per heavy atom. The van der Waals surface area contributed by atoms with Crippen LogP contribution in [0.25, 0.3) is 0 Å². The van der Waals surface area contributed by atoms with Crippen molar-refractivity contribution in [3.63, 3.8) is 0 Å². The van der Waals surface area contributed by atoms with Crippen molar-refractivity contribution in [2.45, 2.75) is 52.1 Å². The Bertz CT molecular complexity index is 743. The van der Waals surface area contributed by atoms with Gasteiger partial charge < -0.3 is 14.8 Å². The summed E-state index contributed by atoms with van der Waals surface area (Å²) in [5, 5.41) is 3.05. The van der Waals surface area contributed by atoms with Gasteiger partial charge in [0.2, 0.25) is 0 Å². The fourth-order valence-corrected chi connectivity index (χ4v) is 3.64. The van der Waals surface area contributed by atoms with E-state index in [4.69, 9.17) is 9.47 Å². The van der Waals surface area contributed by atoms with Gasteiger partial charge in [0.1, 0.15) is 6.61 Å². The lowest BCUT2D eigenvalue weighted by Gasteiger charge is -2.21.